The summed E-state index contributed by atoms with van der Waals surface area (Å²) >= 11 is 1.24. The largest absolute Gasteiger partial charge is 0.465 e. The van der Waals surface area contributed by atoms with E-state index >= 15 is 0 Å². The molecule has 94 valence electrons. The van der Waals surface area contributed by atoms with Gasteiger partial charge in [-0.2, -0.15) is 0 Å². The van der Waals surface area contributed by atoms with E-state index in [1.807, 2.05) is 0 Å². The van der Waals surface area contributed by atoms with Crippen LogP contribution in [0.5, 0.6) is 0 Å². The van der Waals surface area contributed by atoms with E-state index in [4.69, 9.17) is 5.73 Å². The van der Waals surface area contributed by atoms with Gasteiger partial charge in [-0.05, 0) is 13.3 Å². The van der Waals surface area contributed by atoms with Crippen LogP contribution in [0.25, 0.3) is 0 Å². The second kappa shape index (κ2) is 6.19. The maximum absolute atomic E-state index is 11.3. The summed E-state index contributed by atoms with van der Waals surface area (Å²) in [5.74, 6) is -0.706. The first-order chi connectivity index (χ1) is 8.04. The number of amides is 1. The quantitative estimate of drug-likeness (QED) is 0.583. The summed E-state index contributed by atoms with van der Waals surface area (Å²) in [7, 11) is 1.33. The van der Waals surface area contributed by atoms with Crippen molar-refractivity contribution in [2.24, 2.45) is 5.73 Å². The molecule has 0 aromatic carbocycles. The number of esters is 1. The fraction of sp³-hybridized carbons (Fsp3) is 0.500. The van der Waals surface area contributed by atoms with Gasteiger partial charge in [0, 0.05) is 13.0 Å². The molecule has 0 bridgehead atoms. The minimum absolute atomic E-state index is 0.322. The highest BCUT2D eigenvalue weighted by Gasteiger charge is 2.15. The van der Waals surface area contributed by atoms with Gasteiger partial charge in [0.05, 0.1) is 12.8 Å². The van der Waals surface area contributed by atoms with Crippen LogP contribution in [0.1, 0.15) is 28.2 Å². The van der Waals surface area contributed by atoms with E-state index in [9.17, 15) is 9.59 Å². The maximum Gasteiger partial charge on any atom is 0.350 e. The van der Waals surface area contributed by atoms with Gasteiger partial charge in [-0.25, -0.2) is 9.78 Å². The number of carbonyl (C=O) groups is 2. The molecule has 0 radical (unpaired) electrons. The smallest absolute Gasteiger partial charge is 0.350 e. The summed E-state index contributed by atoms with van der Waals surface area (Å²) in [6.07, 6.45) is 0.975. The first-order valence-corrected chi connectivity index (χ1v) is 5.94. The first-order valence-electron chi connectivity index (χ1n) is 5.12. The predicted molar refractivity (Wildman–Crippen MR) is 65.1 cm³/mol. The Morgan fingerprint density at radius 3 is 2.82 bits per heavy atom. The number of aryl methyl sites for hydroxylation is 1. The molecule has 0 saturated heterocycles. The van der Waals surface area contributed by atoms with E-state index in [-0.39, 0.29) is 11.9 Å². The minimum atomic E-state index is -0.384. The molecule has 0 unspecified atom stereocenters. The molecule has 0 fully saturated rings. The minimum Gasteiger partial charge on any atom is -0.465 e. The summed E-state index contributed by atoms with van der Waals surface area (Å²) in [5, 5.41) is 3.68. The number of nitrogens with two attached hydrogens (primary N) is 1. The molecule has 0 atom stereocenters. The van der Waals surface area contributed by atoms with Crippen molar-refractivity contribution >= 4 is 28.3 Å². The highest BCUT2D eigenvalue weighted by Crippen LogP contribution is 2.23. The lowest BCUT2D eigenvalue weighted by Gasteiger charge is -1.99. The molecule has 0 saturated carbocycles. The summed E-state index contributed by atoms with van der Waals surface area (Å²) in [6.45, 7) is 2.34. The first kappa shape index (κ1) is 13.4. The summed E-state index contributed by atoms with van der Waals surface area (Å²) in [5.41, 5.74) is 5.66. The van der Waals surface area contributed by atoms with Crippen LogP contribution < -0.4 is 11.1 Å². The van der Waals surface area contributed by atoms with Crippen LogP contribution in [0.3, 0.4) is 0 Å². The third-order valence-electron chi connectivity index (χ3n) is 2.04. The van der Waals surface area contributed by atoms with Crippen molar-refractivity contribution in [2.75, 3.05) is 19.0 Å². The highest BCUT2D eigenvalue weighted by molar-refractivity contribution is 7.17. The second-order valence-corrected chi connectivity index (χ2v) is 4.42. The molecule has 0 spiro atoms. The molecule has 1 aromatic rings. The number of ether oxygens (including phenoxy) is 1. The average molecular weight is 257 g/mol. The van der Waals surface area contributed by atoms with Gasteiger partial charge in [0.2, 0.25) is 5.91 Å². The highest BCUT2D eigenvalue weighted by atomic mass is 32.1. The molecular weight excluding hydrogens is 242 g/mol. The summed E-state index contributed by atoms with van der Waals surface area (Å²) < 4.78 is 4.63. The SMILES string of the molecule is COC(=O)c1sc(NCCCC(N)=O)nc1C. The number of aromatic nitrogens is 1. The monoisotopic (exact) mass is 257 g/mol. The van der Waals surface area contributed by atoms with E-state index in [1.54, 1.807) is 6.92 Å². The summed E-state index contributed by atoms with van der Waals surface area (Å²) in [6, 6.07) is 0. The molecule has 0 aliphatic heterocycles. The predicted octanol–water partition coefficient (Wildman–Crippen LogP) is 0.916. The Kier molecular flexibility index (Phi) is 4.89. The number of anilines is 1. The van der Waals surface area contributed by atoms with Gasteiger partial charge >= 0.3 is 5.97 Å². The van der Waals surface area contributed by atoms with Crippen molar-refractivity contribution in [3.05, 3.63) is 10.6 Å². The Morgan fingerprint density at radius 2 is 2.24 bits per heavy atom. The molecule has 7 heteroatoms. The number of nitrogens with one attached hydrogen (secondary N) is 1. The Bertz CT molecular complexity index is 417. The van der Waals surface area contributed by atoms with E-state index in [0.29, 0.717) is 35.1 Å². The second-order valence-electron chi connectivity index (χ2n) is 3.42. The average Bonchev–Trinajstić information content (AvgIpc) is 2.65. The number of hydrogen-bond donors (Lipinski definition) is 2. The van der Waals surface area contributed by atoms with Crippen LogP contribution in [0.2, 0.25) is 0 Å². The van der Waals surface area contributed by atoms with Crippen molar-refractivity contribution in [1.29, 1.82) is 0 Å². The fourth-order valence-corrected chi connectivity index (χ4v) is 2.12. The van der Waals surface area contributed by atoms with Gasteiger partial charge in [-0.3, -0.25) is 4.79 Å². The van der Waals surface area contributed by atoms with Crippen molar-refractivity contribution in [2.45, 2.75) is 19.8 Å². The van der Waals surface area contributed by atoms with Crippen LogP contribution in [0.15, 0.2) is 0 Å². The van der Waals surface area contributed by atoms with E-state index in [2.05, 4.69) is 15.0 Å². The molecular formula is C10H15N3O3S. The number of primary amides is 1. The van der Waals surface area contributed by atoms with Crippen LogP contribution in [-0.2, 0) is 9.53 Å². The van der Waals surface area contributed by atoms with Crippen molar-refractivity contribution in [3.8, 4) is 0 Å². The number of methoxy groups -OCH3 is 1. The Morgan fingerprint density at radius 1 is 1.53 bits per heavy atom. The Labute approximate surface area is 103 Å². The third-order valence-corrected chi connectivity index (χ3v) is 3.14. The molecule has 0 aliphatic carbocycles. The van der Waals surface area contributed by atoms with Crippen LogP contribution >= 0.6 is 11.3 Å². The van der Waals surface area contributed by atoms with Gasteiger partial charge in [0.25, 0.3) is 0 Å². The molecule has 3 N–H and O–H groups in total. The van der Waals surface area contributed by atoms with Crippen LogP contribution in [-0.4, -0.2) is 30.5 Å². The number of hydrogen-bond acceptors (Lipinski definition) is 6. The Hall–Kier alpha value is -1.63. The molecule has 1 rings (SSSR count). The molecule has 1 heterocycles. The molecule has 6 nitrogen and oxygen atoms in total. The van der Waals surface area contributed by atoms with Gasteiger partial charge < -0.3 is 15.8 Å². The topological polar surface area (TPSA) is 94.3 Å². The third kappa shape index (κ3) is 4.03. The Balaban J connectivity index is 2.50. The van der Waals surface area contributed by atoms with Crippen molar-refractivity contribution in [1.82, 2.24) is 4.98 Å². The zero-order chi connectivity index (χ0) is 12.8. The van der Waals surface area contributed by atoms with Gasteiger partial charge in [-0.15, -0.1) is 0 Å². The lowest BCUT2D eigenvalue weighted by atomic mass is 10.3. The van der Waals surface area contributed by atoms with Crippen molar-refractivity contribution in [3.63, 3.8) is 0 Å². The standard InChI is InChI=1S/C10H15N3O3S/c1-6-8(9(15)16-2)17-10(13-6)12-5-3-4-7(11)14/h3-5H2,1-2H3,(H2,11,14)(H,12,13). The zero-order valence-electron chi connectivity index (χ0n) is 9.78. The number of thiazole rings is 1. The lowest BCUT2D eigenvalue weighted by Crippen LogP contribution is -2.12. The normalized spacial score (nSPS) is 10.0. The van der Waals surface area contributed by atoms with E-state index in [1.165, 1.54) is 18.4 Å². The molecule has 0 aliphatic rings. The zero-order valence-corrected chi connectivity index (χ0v) is 10.6. The van der Waals surface area contributed by atoms with Crippen LogP contribution in [0.4, 0.5) is 5.13 Å². The fourth-order valence-electron chi connectivity index (χ4n) is 1.21. The summed E-state index contributed by atoms with van der Waals surface area (Å²) in [4.78, 5) is 26.5. The van der Waals surface area contributed by atoms with Gasteiger partial charge in [0.15, 0.2) is 5.13 Å². The molecule has 1 amide bonds. The number of nitrogens with zero attached hydrogens (tertiary/aromatic N) is 1. The molecule has 1 aromatic heterocycles. The maximum atomic E-state index is 11.3. The van der Waals surface area contributed by atoms with Gasteiger partial charge in [-0.1, -0.05) is 11.3 Å². The van der Waals surface area contributed by atoms with E-state index in [0.717, 1.165) is 0 Å². The van der Waals surface area contributed by atoms with E-state index < -0.39 is 0 Å². The number of rotatable bonds is 6. The molecule has 17 heavy (non-hydrogen) atoms. The number of carbonyl (C=O) groups excluding carboxylic acids is 2. The van der Waals surface area contributed by atoms with Crippen LogP contribution in [0, 0.1) is 6.92 Å². The van der Waals surface area contributed by atoms with Crippen molar-refractivity contribution < 1.29 is 14.3 Å². The lowest BCUT2D eigenvalue weighted by molar-refractivity contribution is -0.118. The van der Waals surface area contributed by atoms with Gasteiger partial charge in [0.1, 0.15) is 4.88 Å².